The minimum absolute atomic E-state index is 0.0247. The van der Waals surface area contributed by atoms with Gasteiger partial charge in [-0.3, -0.25) is 13.9 Å². The van der Waals surface area contributed by atoms with E-state index in [0.29, 0.717) is 27.2 Å². The molecule has 2 amide bonds. The van der Waals surface area contributed by atoms with Crippen molar-refractivity contribution >= 4 is 73.9 Å². The summed E-state index contributed by atoms with van der Waals surface area (Å²) in [6.07, 6.45) is 1.45. The van der Waals surface area contributed by atoms with Gasteiger partial charge < -0.3 is 10.2 Å². The molecule has 7 nitrogen and oxygen atoms in total. The zero-order valence-electron chi connectivity index (χ0n) is 24.2. The van der Waals surface area contributed by atoms with Crippen molar-refractivity contribution in [3.8, 4) is 0 Å². The van der Waals surface area contributed by atoms with E-state index in [4.69, 9.17) is 46.4 Å². The summed E-state index contributed by atoms with van der Waals surface area (Å²) in [5.41, 5.74) is 1.73. The van der Waals surface area contributed by atoms with E-state index in [1.54, 1.807) is 24.3 Å². The van der Waals surface area contributed by atoms with Crippen molar-refractivity contribution in [1.82, 2.24) is 10.2 Å². The number of anilines is 1. The summed E-state index contributed by atoms with van der Waals surface area (Å²) in [6.45, 7) is 4.45. The fourth-order valence-electron chi connectivity index (χ4n) is 4.47. The van der Waals surface area contributed by atoms with E-state index in [1.165, 1.54) is 17.0 Å². The predicted molar refractivity (Wildman–Crippen MR) is 177 cm³/mol. The van der Waals surface area contributed by atoms with Crippen LogP contribution in [0.2, 0.25) is 20.1 Å². The average Bonchev–Trinajstić information content (AvgIpc) is 2.94. The highest BCUT2D eigenvalue weighted by Gasteiger charge is 2.31. The number of rotatable bonds is 14. The third kappa shape index (κ3) is 10.6. The minimum Gasteiger partial charge on any atom is -0.354 e. The first-order valence-electron chi connectivity index (χ1n) is 13.7. The van der Waals surface area contributed by atoms with Crippen LogP contribution in [0.5, 0.6) is 0 Å². The zero-order valence-corrected chi connectivity index (χ0v) is 28.0. The lowest BCUT2D eigenvalue weighted by atomic mass is 10.0. The largest absolute Gasteiger partial charge is 0.354 e. The number of carbonyl (C=O) groups excluding carboxylic acids is 2. The lowest BCUT2D eigenvalue weighted by Crippen LogP contribution is -2.51. The third-order valence-corrected chi connectivity index (χ3v) is 8.96. The Labute approximate surface area is 274 Å². The van der Waals surface area contributed by atoms with Crippen molar-refractivity contribution in [2.75, 3.05) is 23.7 Å². The molecule has 3 rings (SSSR count). The van der Waals surface area contributed by atoms with Crippen LogP contribution < -0.4 is 9.62 Å². The maximum absolute atomic E-state index is 14.0. The molecule has 0 aromatic heterocycles. The molecule has 0 radical (unpaired) electrons. The average molecular weight is 688 g/mol. The number of benzene rings is 3. The molecule has 0 spiro atoms. The Balaban J connectivity index is 1.93. The molecule has 0 unspecified atom stereocenters. The molecular formula is C31H35Cl4N3O4S. The topological polar surface area (TPSA) is 86.8 Å². The number of hydrogen-bond acceptors (Lipinski definition) is 4. The van der Waals surface area contributed by atoms with Gasteiger partial charge in [-0.05, 0) is 53.8 Å². The number of sulfonamides is 1. The monoisotopic (exact) mass is 685 g/mol. The Morgan fingerprint density at radius 1 is 0.884 bits per heavy atom. The van der Waals surface area contributed by atoms with Crippen molar-refractivity contribution in [2.24, 2.45) is 5.92 Å². The van der Waals surface area contributed by atoms with Crippen LogP contribution >= 0.6 is 46.4 Å². The molecule has 1 atom stereocenters. The lowest BCUT2D eigenvalue weighted by Gasteiger charge is -2.32. The molecule has 43 heavy (non-hydrogen) atoms. The SMILES string of the molecule is CC(C)CNC(=O)[C@H](Cc1ccccc1)N(Cc1ccc(Cl)cc1Cl)C(=O)CCCN(c1cc(Cl)ccc1Cl)S(C)(=O)=O. The Bertz CT molecular complexity index is 1520. The Kier molecular flexibility index (Phi) is 13.0. The van der Waals surface area contributed by atoms with Gasteiger partial charge in [0.1, 0.15) is 6.04 Å². The molecule has 0 saturated heterocycles. The molecule has 0 aliphatic heterocycles. The molecule has 12 heteroatoms. The van der Waals surface area contributed by atoms with Gasteiger partial charge in [0.15, 0.2) is 0 Å². The van der Waals surface area contributed by atoms with Gasteiger partial charge in [-0.1, -0.05) is 96.6 Å². The highest BCUT2D eigenvalue weighted by Crippen LogP contribution is 2.31. The van der Waals surface area contributed by atoms with Gasteiger partial charge in [-0.25, -0.2) is 8.42 Å². The standard InChI is InChI=1S/C31H35Cl4N3O4S/c1-21(2)19-36-31(40)29(16-22-8-5-4-6-9-22)37(20-23-11-12-24(32)17-27(23)35)30(39)10-7-15-38(43(3,41)42)28-18-25(33)13-14-26(28)34/h4-6,8-9,11-14,17-18,21,29H,7,10,15-16,19-20H2,1-3H3,(H,36,40)/t29-/m0/s1. The van der Waals surface area contributed by atoms with E-state index in [9.17, 15) is 18.0 Å². The molecule has 3 aromatic carbocycles. The Morgan fingerprint density at radius 2 is 1.53 bits per heavy atom. The van der Waals surface area contributed by atoms with Gasteiger partial charge in [0.2, 0.25) is 21.8 Å². The van der Waals surface area contributed by atoms with Crippen LogP contribution in [0.4, 0.5) is 5.69 Å². The van der Waals surface area contributed by atoms with E-state index in [0.717, 1.165) is 16.1 Å². The fraction of sp³-hybridized carbons (Fsp3) is 0.355. The summed E-state index contributed by atoms with van der Waals surface area (Å²) in [7, 11) is -3.75. The highest BCUT2D eigenvalue weighted by molar-refractivity contribution is 7.92. The quantitative estimate of drug-likeness (QED) is 0.193. The van der Waals surface area contributed by atoms with Gasteiger partial charge in [0, 0.05) is 47.5 Å². The summed E-state index contributed by atoms with van der Waals surface area (Å²) in [4.78, 5) is 29.1. The van der Waals surface area contributed by atoms with Gasteiger partial charge in [0.25, 0.3) is 0 Å². The summed E-state index contributed by atoms with van der Waals surface area (Å²) >= 11 is 25.0. The highest BCUT2D eigenvalue weighted by atomic mass is 35.5. The smallest absolute Gasteiger partial charge is 0.243 e. The number of carbonyl (C=O) groups is 2. The molecule has 0 fully saturated rings. The second-order valence-corrected chi connectivity index (χ2v) is 14.2. The molecule has 232 valence electrons. The normalized spacial score (nSPS) is 12.2. The Morgan fingerprint density at radius 3 is 2.16 bits per heavy atom. The van der Waals surface area contributed by atoms with Crippen LogP contribution in [0.15, 0.2) is 66.7 Å². The molecular weight excluding hydrogens is 652 g/mol. The second-order valence-electron chi connectivity index (χ2n) is 10.6. The van der Waals surface area contributed by atoms with Gasteiger partial charge in [-0.2, -0.15) is 0 Å². The molecule has 0 aliphatic rings. The molecule has 0 heterocycles. The van der Waals surface area contributed by atoms with Crippen LogP contribution in [-0.2, 0) is 32.6 Å². The van der Waals surface area contributed by atoms with Crippen LogP contribution in [0.25, 0.3) is 0 Å². The molecule has 0 saturated carbocycles. The summed E-state index contributed by atoms with van der Waals surface area (Å²) < 4.78 is 26.5. The van der Waals surface area contributed by atoms with E-state index in [2.05, 4.69) is 5.32 Å². The van der Waals surface area contributed by atoms with Crippen molar-refractivity contribution in [1.29, 1.82) is 0 Å². The number of amides is 2. The van der Waals surface area contributed by atoms with Crippen molar-refractivity contribution in [3.63, 3.8) is 0 Å². The minimum atomic E-state index is -3.75. The molecule has 0 bridgehead atoms. The van der Waals surface area contributed by atoms with Crippen LogP contribution in [0.1, 0.15) is 37.8 Å². The van der Waals surface area contributed by atoms with Crippen LogP contribution in [0, 0.1) is 5.92 Å². The number of nitrogens with zero attached hydrogens (tertiary/aromatic N) is 2. The second kappa shape index (κ2) is 16.0. The van der Waals surface area contributed by atoms with E-state index in [1.807, 2.05) is 44.2 Å². The predicted octanol–water partition coefficient (Wildman–Crippen LogP) is 7.26. The maximum atomic E-state index is 14.0. The summed E-state index contributed by atoms with van der Waals surface area (Å²) in [5.74, 6) is -0.423. The number of hydrogen-bond donors (Lipinski definition) is 1. The summed E-state index contributed by atoms with van der Waals surface area (Å²) in [5, 5.41) is 4.32. The summed E-state index contributed by atoms with van der Waals surface area (Å²) in [6, 6.07) is 18.1. The van der Waals surface area contributed by atoms with Crippen molar-refractivity contribution in [3.05, 3.63) is 97.9 Å². The first kappa shape index (κ1) is 35.0. The molecule has 0 aliphatic carbocycles. The molecule has 1 N–H and O–H groups in total. The first-order chi connectivity index (χ1) is 20.3. The van der Waals surface area contributed by atoms with Crippen molar-refractivity contribution < 1.29 is 18.0 Å². The van der Waals surface area contributed by atoms with Gasteiger partial charge >= 0.3 is 0 Å². The van der Waals surface area contributed by atoms with E-state index < -0.39 is 16.1 Å². The number of halogens is 4. The fourth-order valence-corrected chi connectivity index (χ4v) is 6.34. The maximum Gasteiger partial charge on any atom is 0.243 e. The Hall–Kier alpha value is -2.49. The number of nitrogens with one attached hydrogen (secondary N) is 1. The van der Waals surface area contributed by atoms with E-state index >= 15 is 0 Å². The van der Waals surface area contributed by atoms with Crippen molar-refractivity contribution in [2.45, 2.75) is 45.7 Å². The lowest BCUT2D eigenvalue weighted by molar-refractivity contribution is -0.141. The van der Waals surface area contributed by atoms with E-state index in [-0.39, 0.29) is 60.8 Å². The third-order valence-electron chi connectivity index (χ3n) is 6.64. The van der Waals surface area contributed by atoms with Crippen LogP contribution in [-0.4, -0.2) is 50.5 Å². The first-order valence-corrected chi connectivity index (χ1v) is 17.1. The zero-order chi connectivity index (χ0) is 31.7. The van der Waals surface area contributed by atoms with Gasteiger partial charge in [-0.15, -0.1) is 0 Å². The van der Waals surface area contributed by atoms with Crippen LogP contribution in [0.3, 0.4) is 0 Å². The molecule has 3 aromatic rings. The van der Waals surface area contributed by atoms with Gasteiger partial charge in [0.05, 0.1) is 17.0 Å².